The highest BCUT2D eigenvalue weighted by Crippen LogP contribution is 2.28. The van der Waals surface area contributed by atoms with Crippen molar-refractivity contribution in [2.24, 2.45) is 0 Å². The fraction of sp³-hybridized carbons (Fsp3) is 0.538. The predicted octanol–water partition coefficient (Wildman–Crippen LogP) is 2.59. The molecule has 1 aliphatic rings. The average Bonchev–Trinajstić information content (AvgIpc) is 2.80. The summed E-state index contributed by atoms with van der Waals surface area (Å²) in [6.45, 7) is 3.32. The van der Waals surface area contributed by atoms with Gasteiger partial charge in [-0.05, 0) is 44.0 Å². The number of alkyl halides is 1. The van der Waals surface area contributed by atoms with Gasteiger partial charge in [-0.1, -0.05) is 6.07 Å². The second-order valence-electron chi connectivity index (χ2n) is 4.57. The van der Waals surface area contributed by atoms with Gasteiger partial charge in [-0.2, -0.15) is 0 Å². The molecule has 0 amide bonds. The first kappa shape index (κ1) is 12.2. The van der Waals surface area contributed by atoms with Gasteiger partial charge < -0.3 is 15.7 Å². The minimum atomic E-state index is -1.05. The number of hydrogen-bond acceptors (Lipinski definition) is 3. The summed E-state index contributed by atoms with van der Waals surface area (Å²) in [6, 6.07) is 5.38. The predicted molar refractivity (Wildman–Crippen MR) is 67.1 cm³/mol. The van der Waals surface area contributed by atoms with Crippen LogP contribution in [0.4, 0.5) is 10.1 Å². The van der Waals surface area contributed by atoms with Crippen LogP contribution in [-0.4, -0.2) is 24.2 Å². The van der Waals surface area contributed by atoms with E-state index in [0.29, 0.717) is 17.3 Å². The Bertz CT molecular complexity index is 376. The lowest BCUT2D eigenvalue weighted by molar-refractivity contribution is 0.372. The van der Waals surface area contributed by atoms with Gasteiger partial charge >= 0.3 is 0 Å². The zero-order chi connectivity index (χ0) is 12.3. The third-order valence-corrected chi connectivity index (χ3v) is 3.18. The molecule has 4 heteroatoms. The third kappa shape index (κ3) is 3.09. The molecule has 0 aromatic heterocycles. The Labute approximate surface area is 101 Å². The average molecular weight is 238 g/mol. The first-order valence-corrected chi connectivity index (χ1v) is 6.11. The summed E-state index contributed by atoms with van der Waals surface area (Å²) in [5.41, 5.74) is 1.18. The number of phenols is 1. The minimum Gasteiger partial charge on any atom is -0.506 e. The highest BCUT2D eigenvalue weighted by atomic mass is 19.1. The largest absolute Gasteiger partial charge is 0.506 e. The van der Waals surface area contributed by atoms with E-state index in [1.165, 1.54) is 19.4 Å². The van der Waals surface area contributed by atoms with Crippen LogP contribution in [0.3, 0.4) is 0 Å². The summed E-state index contributed by atoms with van der Waals surface area (Å²) in [6.07, 6.45) is 1.32. The third-order valence-electron chi connectivity index (χ3n) is 3.18. The summed E-state index contributed by atoms with van der Waals surface area (Å²) < 4.78 is 13.0. The Kier molecular flexibility index (Phi) is 3.84. The summed E-state index contributed by atoms with van der Waals surface area (Å²) in [5, 5.41) is 16.3. The first-order valence-electron chi connectivity index (χ1n) is 6.11. The molecule has 0 bridgehead atoms. The Morgan fingerprint density at radius 2 is 2.41 bits per heavy atom. The van der Waals surface area contributed by atoms with E-state index in [1.807, 2.05) is 0 Å². The van der Waals surface area contributed by atoms with Crippen molar-refractivity contribution in [3.63, 3.8) is 0 Å². The molecule has 3 N–H and O–H groups in total. The van der Waals surface area contributed by atoms with Gasteiger partial charge in [-0.15, -0.1) is 0 Å². The lowest BCUT2D eigenvalue weighted by Gasteiger charge is -2.14. The number of hydrogen-bond donors (Lipinski definition) is 3. The fourth-order valence-corrected chi connectivity index (χ4v) is 2.11. The SMILES string of the molecule is CC(F)c1ccc(NCC2CCCN2)c(O)c1. The van der Waals surface area contributed by atoms with Crippen LogP contribution >= 0.6 is 0 Å². The van der Waals surface area contributed by atoms with E-state index in [-0.39, 0.29) is 5.75 Å². The van der Waals surface area contributed by atoms with Crippen LogP contribution in [0.15, 0.2) is 18.2 Å². The molecule has 17 heavy (non-hydrogen) atoms. The second kappa shape index (κ2) is 5.36. The summed E-state index contributed by atoms with van der Waals surface area (Å²) in [7, 11) is 0. The van der Waals surface area contributed by atoms with Crippen LogP contribution in [-0.2, 0) is 0 Å². The van der Waals surface area contributed by atoms with Gasteiger partial charge in [-0.25, -0.2) is 4.39 Å². The molecule has 1 fully saturated rings. The Balaban J connectivity index is 1.96. The number of anilines is 1. The van der Waals surface area contributed by atoms with E-state index in [0.717, 1.165) is 19.5 Å². The summed E-state index contributed by atoms with van der Waals surface area (Å²) in [5.74, 6) is 0.116. The molecule has 94 valence electrons. The molecule has 1 saturated heterocycles. The second-order valence-corrected chi connectivity index (χ2v) is 4.57. The van der Waals surface area contributed by atoms with E-state index in [2.05, 4.69) is 10.6 Å². The maximum absolute atomic E-state index is 13.0. The van der Waals surface area contributed by atoms with E-state index in [9.17, 15) is 9.50 Å². The molecule has 3 nitrogen and oxygen atoms in total. The van der Waals surface area contributed by atoms with Crippen molar-refractivity contribution in [1.82, 2.24) is 5.32 Å². The maximum Gasteiger partial charge on any atom is 0.139 e. The van der Waals surface area contributed by atoms with E-state index < -0.39 is 6.17 Å². The molecule has 1 aromatic rings. The number of benzene rings is 1. The van der Waals surface area contributed by atoms with Gasteiger partial charge in [0.05, 0.1) is 5.69 Å². The number of nitrogens with one attached hydrogen (secondary N) is 2. The minimum absolute atomic E-state index is 0.116. The molecule has 0 spiro atoms. The molecule has 1 aliphatic heterocycles. The standard InChI is InChI=1S/C13H19FN2O/c1-9(14)10-4-5-12(13(17)7-10)16-8-11-3-2-6-15-11/h4-5,7,9,11,15-17H,2-3,6,8H2,1H3. The van der Waals surface area contributed by atoms with Gasteiger partial charge in [-0.3, -0.25) is 0 Å². The highest BCUT2D eigenvalue weighted by Gasteiger charge is 2.14. The van der Waals surface area contributed by atoms with E-state index in [1.54, 1.807) is 12.1 Å². The molecule has 0 aliphatic carbocycles. The van der Waals surface area contributed by atoms with Gasteiger partial charge in [0, 0.05) is 12.6 Å². The van der Waals surface area contributed by atoms with Crippen LogP contribution in [0.5, 0.6) is 5.75 Å². The van der Waals surface area contributed by atoms with Crippen molar-refractivity contribution in [2.45, 2.75) is 32.0 Å². The summed E-state index contributed by atoms with van der Waals surface area (Å²) >= 11 is 0. The Morgan fingerprint density at radius 1 is 1.59 bits per heavy atom. The summed E-state index contributed by atoms with van der Waals surface area (Å²) in [4.78, 5) is 0. The highest BCUT2D eigenvalue weighted by molar-refractivity contribution is 5.57. The number of rotatable bonds is 4. The van der Waals surface area contributed by atoms with Crippen LogP contribution in [0, 0.1) is 0 Å². The van der Waals surface area contributed by atoms with E-state index >= 15 is 0 Å². The molecule has 2 unspecified atom stereocenters. The molecular formula is C13H19FN2O. The van der Waals surface area contributed by atoms with Crippen molar-refractivity contribution in [3.8, 4) is 5.75 Å². The lowest BCUT2D eigenvalue weighted by Crippen LogP contribution is -2.29. The Morgan fingerprint density at radius 3 is 3.00 bits per heavy atom. The lowest BCUT2D eigenvalue weighted by atomic mass is 10.1. The topological polar surface area (TPSA) is 44.3 Å². The zero-order valence-corrected chi connectivity index (χ0v) is 10.0. The molecule has 1 heterocycles. The smallest absolute Gasteiger partial charge is 0.139 e. The van der Waals surface area contributed by atoms with Crippen LogP contribution < -0.4 is 10.6 Å². The van der Waals surface area contributed by atoms with Gasteiger partial charge in [0.25, 0.3) is 0 Å². The van der Waals surface area contributed by atoms with E-state index in [4.69, 9.17) is 0 Å². The zero-order valence-electron chi connectivity index (χ0n) is 10.0. The number of aromatic hydroxyl groups is 1. The van der Waals surface area contributed by atoms with Crippen molar-refractivity contribution in [2.75, 3.05) is 18.4 Å². The first-order chi connectivity index (χ1) is 8.16. The number of halogens is 1. The molecule has 1 aromatic carbocycles. The van der Waals surface area contributed by atoms with Crippen molar-refractivity contribution in [1.29, 1.82) is 0 Å². The normalized spacial score (nSPS) is 21.4. The molecular weight excluding hydrogens is 219 g/mol. The van der Waals surface area contributed by atoms with Gasteiger partial charge in [0.15, 0.2) is 0 Å². The maximum atomic E-state index is 13.0. The van der Waals surface area contributed by atoms with Crippen LogP contribution in [0.1, 0.15) is 31.5 Å². The van der Waals surface area contributed by atoms with Gasteiger partial charge in [0.1, 0.15) is 11.9 Å². The monoisotopic (exact) mass is 238 g/mol. The molecule has 0 saturated carbocycles. The van der Waals surface area contributed by atoms with Crippen molar-refractivity contribution in [3.05, 3.63) is 23.8 Å². The van der Waals surface area contributed by atoms with Crippen LogP contribution in [0.2, 0.25) is 0 Å². The Hall–Kier alpha value is -1.29. The van der Waals surface area contributed by atoms with Crippen molar-refractivity contribution >= 4 is 5.69 Å². The fourth-order valence-electron chi connectivity index (χ4n) is 2.11. The quantitative estimate of drug-likeness (QED) is 0.706. The molecule has 2 atom stereocenters. The van der Waals surface area contributed by atoms with Gasteiger partial charge in [0.2, 0.25) is 0 Å². The molecule has 0 radical (unpaired) electrons. The number of phenolic OH excluding ortho intramolecular Hbond substituents is 1. The van der Waals surface area contributed by atoms with Crippen molar-refractivity contribution < 1.29 is 9.50 Å². The molecule has 2 rings (SSSR count). The van der Waals surface area contributed by atoms with Crippen LogP contribution in [0.25, 0.3) is 0 Å².